The van der Waals surface area contributed by atoms with E-state index in [9.17, 15) is 13.2 Å². The second-order valence-electron chi connectivity index (χ2n) is 6.91. The third kappa shape index (κ3) is 6.10. The largest absolute Gasteiger partial charge is 0.497 e. The lowest BCUT2D eigenvalue weighted by atomic mass is 10.1. The normalized spacial score (nSPS) is 12.3. The average molecular weight is 492 g/mol. The Hall–Kier alpha value is -2.40. The standard InChI is InChI=1S/C22H25N3O4S3/c1-15-20(16-9-11-17(29-2)12-10-16)23-22(31-15)24-21(26)19(13-14-30-3)25-32(27,28)18-7-5-4-6-8-18/h4-12,19,25H,13-14H2,1-3H3,(H,23,24,26). The Morgan fingerprint density at radius 2 is 1.84 bits per heavy atom. The summed E-state index contributed by atoms with van der Waals surface area (Å²) in [6.45, 7) is 1.93. The van der Waals surface area contributed by atoms with Crippen LogP contribution in [0.25, 0.3) is 11.3 Å². The monoisotopic (exact) mass is 491 g/mol. The number of thioether (sulfide) groups is 1. The molecule has 7 nitrogen and oxygen atoms in total. The van der Waals surface area contributed by atoms with Gasteiger partial charge in [0.2, 0.25) is 15.9 Å². The fourth-order valence-electron chi connectivity index (χ4n) is 2.99. The average Bonchev–Trinajstić information content (AvgIpc) is 3.16. The minimum absolute atomic E-state index is 0.119. The number of benzene rings is 2. The molecule has 170 valence electrons. The Kier molecular flexibility index (Phi) is 8.30. The molecule has 1 amide bonds. The number of carbonyl (C=O) groups excluding carboxylic acids is 1. The van der Waals surface area contributed by atoms with E-state index in [-0.39, 0.29) is 4.90 Å². The molecule has 0 spiro atoms. The third-order valence-electron chi connectivity index (χ3n) is 4.67. The molecular formula is C22H25N3O4S3. The number of nitrogens with one attached hydrogen (secondary N) is 2. The van der Waals surface area contributed by atoms with E-state index in [0.717, 1.165) is 21.9 Å². The molecule has 3 rings (SSSR count). The van der Waals surface area contributed by atoms with Crippen LogP contribution < -0.4 is 14.8 Å². The van der Waals surface area contributed by atoms with Crippen LogP contribution in [0.4, 0.5) is 5.13 Å². The Morgan fingerprint density at radius 3 is 2.47 bits per heavy atom. The number of carbonyl (C=O) groups is 1. The summed E-state index contributed by atoms with van der Waals surface area (Å²) in [4.78, 5) is 18.6. The van der Waals surface area contributed by atoms with Gasteiger partial charge < -0.3 is 10.1 Å². The van der Waals surface area contributed by atoms with Gasteiger partial charge in [-0.3, -0.25) is 4.79 Å². The van der Waals surface area contributed by atoms with Crippen LogP contribution in [-0.4, -0.2) is 44.5 Å². The van der Waals surface area contributed by atoms with Gasteiger partial charge in [-0.2, -0.15) is 16.5 Å². The zero-order valence-electron chi connectivity index (χ0n) is 18.0. The number of sulfonamides is 1. The van der Waals surface area contributed by atoms with Crippen LogP contribution in [0.15, 0.2) is 59.5 Å². The van der Waals surface area contributed by atoms with Crippen molar-refractivity contribution in [2.45, 2.75) is 24.3 Å². The van der Waals surface area contributed by atoms with Crippen LogP contribution in [-0.2, 0) is 14.8 Å². The molecule has 0 radical (unpaired) electrons. The lowest BCUT2D eigenvalue weighted by Gasteiger charge is -2.17. The first-order valence-electron chi connectivity index (χ1n) is 9.83. The first-order valence-corrected chi connectivity index (χ1v) is 13.5. The SMILES string of the molecule is COc1ccc(-c2nc(NC(=O)C(CCSC)NS(=O)(=O)c3ccccc3)sc2C)cc1. The number of hydrogen-bond acceptors (Lipinski definition) is 7. The minimum Gasteiger partial charge on any atom is -0.497 e. The minimum atomic E-state index is -3.83. The number of aromatic nitrogens is 1. The summed E-state index contributed by atoms with van der Waals surface area (Å²) < 4.78 is 33.2. The van der Waals surface area contributed by atoms with Gasteiger partial charge in [0.15, 0.2) is 5.13 Å². The summed E-state index contributed by atoms with van der Waals surface area (Å²) in [5.74, 6) is 0.940. The van der Waals surface area contributed by atoms with Crippen LogP contribution in [0.1, 0.15) is 11.3 Å². The number of anilines is 1. The number of amides is 1. The van der Waals surface area contributed by atoms with Gasteiger partial charge in [-0.15, -0.1) is 11.3 Å². The summed E-state index contributed by atoms with van der Waals surface area (Å²) in [7, 11) is -2.22. The molecule has 1 atom stereocenters. The van der Waals surface area contributed by atoms with E-state index in [1.165, 1.54) is 23.5 Å². The predicted octanol–water partition coefficient (Wildman–Crippen LogP) is 4.17. The van der Waals surface area contributed by atoms with Crippen molar-refractivity contribution in [1.29, 1.82) is 0 Å². The highest BCUT2D eigenvalue weighted by Gasteiger charge is 2.26. The maximum absolute atomic E-state index is 13.0. The topological polar surface area (TPSA) is 97.4 Å². The first kappa shape index (κ1) is 24.2. The summed E-state index contributed by atoms with van der Waals surface area (Å²) in [6.07, 6.45) is 2.26. The maximum Gasteiger partial charge on any atom is 0.244 e. The molecule has 0 bridgehead atoms. The lowest BCUT2D eigenvalue weighted by molar-refractivity contribution is -0.117. The van der Waals surface area contributed by atoms with E-state index in [0.29, 0.717) is 17.3 Å². The second-order valence-corrected chi connectivity index (χ2v) is 10.8. The lowest BCUT2D eigenvalue weighted by Crippen LogP contribution is -2.44. The molecule has 0 saturated carbocycles. The highest BCUT2D eigenvalue weighted by atomic mass is 32.2. The van der Waals surface area contributed by atoms with Gasteiger partial charge in [-0.05, 0) is 61.8 Å². The first-order chi connectivity index (χ1) is 15.3. The second kappa shape index (κ2) is 11.0. The van der Waals surface area contributed by atoms with E-state index >= 15 is 0 Å². The molecule has 3 aromatic rings. The van der Waals surface area contributed by atoms with Gasteiger partial charge in [-0.1, -0.05) is 18.2 Å². The number of rotatable bonds is 10. The summed E-state index contributed by atoms with van der Waals surface area (Å²) in [5.41, 5.74) is 1.67. The highest BCUT2D eigenvalue weighted by molar-refractivity contribution is 7.98. The summed E-state index contributed by atoms with van der Waals surface area (Å²) in [5, 5.41) is 3.21. The molecular weight excluding hydrogens is 466 g/mol. The van der Waals surface area contributed by atoms with Gasteiger partial charge in [0.25, 0.3) is 0 Å². The Morgan fingerprint density at radius 1 is 1.16 bits per heavy atom. The number of thiazole rings is 1. The molecule has 0 aliphatic carbocycles. The van der Waals surface area contributed by atoms with Gasteiger partial charge in [-0.25, -0.2) is 13.4 Å². The van der Waals surface area contributed by atoms with Crippen LogP contribution in [0, 0.1) is 6.92 Å². The van der Waals surface area contributed by atoms with E-state index in [4.69, 9.17) is 4.74 Å². The van der Waals surface area contributed by atoms with Gasteiger partial charge in [0.05, 0.1) is 17.7 Å². The van der Waals surface area contributed by atoms with E-state index in [1.54, 1.807) is 37.1 Å². The molecule has 0 aliphatic rings. The van der Waals surface area contributed by atoms with Crippen LogP contribution in [0.2, 0.25) is 0 Å². The Bertz CT molecular complexity index is 1150. The van der Waals surface area contributed by atoms with Gasteiger partial charge >= 0.3 is 0 Å². The molecule has 2 N–H and O–H groups in total. The fourth-order valence-corrected chi connectivity index (χ4v) is 5.55. The van der Waals surface area contributed by atoms with Crippen molar-refractivity contribution in [1.82, 2.24) is 9.71 Å². The molecule has 10 heteroatoms. The number of methoxy groups -OCH3 is 1. The summed E-state index contributed by atoms with van der Waals surface area (Å²) >= 11 is 2.89. The van der Waals surface area contributed by atoms with Gasteiger partial charge in [0.1, 0.15) is 11.8 Å². The van der Waals surface area contributed by atoms with Crippen molar-refractivity contribution in [2.75, 3.05) is 24.4 Å². The Balaban J connectivity index is 1.77. The molecule has 0 saturated heterocycles. The number of ether oxygens (including phenoxy) is 1. The van der Waals surface area contributed by atoms with Gasteiger partial charge in [0, 0.05) is 10.4 Å². The molecule has 1 unspecified atom stereocenters. The molecule has 1 aromatic heterocycles. The van der Waals surface area contributed by atoms with Crippen molar-refractivity contribution in [3.8, 4) is 17.0 Å². The van der Waals surface area contributed by atoms with Crippen molar-refractivity contribution < 1.29 is 17.9 Å². The predicted molar refractivity (Wildman–Crippen MR) is 131 cm³/mol. The number of aryl methyl sites for hydroxylation is 1. The van der Waals surface area contributed by atoms with Crippen LogP contribution in [0.3, 0.4) is 0 Å². The third-order valence-corrected chi connectivity index (χ3v) is 7.69. The number of hydrogen-bond donors (Lipinski definition) is 2. The zero-order chi connectivity index (χ0) is 23.1. The quantitative estimate of drug-likeness (QED) is 0.442. The molecule has 1 heterocycles. The number of nitrogens with zero attached hydrogens (tertiary/aromatic N) is 1. The molecule has 0 aliphatic heterocycles. The van der Waals surface area contributed by atoms with E-state index < -0.39 is 22.0 Å². The van der Waals surface area contributed by atoms with E-state index in [2.05, 4.69) is 15.0 Å². The van der Waals surface area contributed by atoms with Crippen molar-refractivity contribution in [3.05, 3.63) is 59.5 Å². The molecule has 0 fully saturated rings. The van der Waals surface area contributed by atoms with Crippen molar-refractivity contribution in [2.24, 2.45) is 0 Å². The van der Waals surface area contributed by atoms with Crippen LogP contribution >= 0.6 is 23.1 Å². The maximum atomic E-state index is 13.0. The van der Waals surface area contributed by atoms with Crippen molar-refractivity contribution in [3.63, 3.8) is 0 Å². The zero-order valence-corrected chi connectivity index (χ0v) is 20.4. The van der Waals surface area contributed by atoms with Crippen molar-refractivity contribution >= 4 is 44.2 Å². The molecule has 32 heavy (non-hydrogen) atoms. The summed E-state index contributed by atoms with van der Waals surface area (Å²) in [6, 6.07) is 14.6. The molecule has 2 aromatic carbocycles. The van der Waals surface area contributed by atoms with Crippen LogP contribution in [0.5, 0.6) is 5.75 Å². The highest BCUT2D eigenvalue weighted by Crippen LogP contribution is 2.31. The Labute approximate surface area is 196 Å². The fraction of sp³-hybridized carbons (Fsp3) is 0.273. The smallest absolute Gasteiger partial charge is 0.244 e. The van der Waals surface area contributed by atoms with E-state index in [1.807, 2.05) is 37.4 Å².